The van der Waals surface area contributed by atoms with Gasteiger partial charge in [0.05, 0.1) is 33.9 Å². The molecule has 6 rings (SSSR count). The van der Waals surface area contributed by atoms with Crippen molar-refractivity contribution < 1.29 is 23.1 Å². The fourth-order valence-electron chi connectivity index (χ4n) is 6.07. The van der Waals surface area contributed by atoms with Crippen LogP contribution in [0.5, 0.6) is 0 Å². The Labute approximate surface area is 225 Å². The number of benzene rings is 2. The third-order valence-corrected chi connectivity index (χ3v) is 7.92. The van der Waals surface area contributed by atoms with Gasteiger partial charge in [0.25, 0.3) is 0 Å². The molecule has 4 heterocycles. The number of hydrogen-bond donors (Lipinski definition) is 1. The average molecular weight is 532 g/mol. The molecule has 1 atom stereocenters. The Morgan fingerprint density at radius 3 is 2.41 bits per heavy atom. The van der Waals surface area contributed by atoms with Gasteiger partial charge in [-0.25, -0.2) is 8.78 Å². The topological polar surface area (TPSA) is 73.3 Å². The Kier molecular flexibility index (Phi) is 6.27. The van der Waals surface area contributed by atoms with Gasteiger partial charge in [0.1, 0.15) is 11.6 Å². The second-order valence-corrected chi connectivity index (χ2v) is 11.0. The Hall–Kier alpha value is -3.62. The molecule has 8 heteroatoms. The number of aliphatic hydroxyl groups is 1. The third kappa shape index (κ3) is 4.32. The van der Waals surface area contributed by atoms with E-state index in [1.54, 1.807) is 38.2 Å². The van der Waals surface area contributed by atoms with Crippen LogP contribution in [0.1, 0.15) is 55.3 Å². The zero-order valence-electron chi connectivity index (χ0n) is 22.5. The van der Waals surface area contributed by atoms with Crippen LogP contribution in [0.2, 0.25) is 0 Å². The van der Waals surface area contributed by atoms with Crippen LogP contribution in [-0.4, -0.2) is 33.0 Å². The molecule has 1 N–H and O–H groups in total. The van der Waals surface area contributed by atoms with Gasteiger partial charge in [-0.2, -0.15) is 0 Å². The highest BCUT2D eigenvalue weighted by Crippen LogP contribution is 2.43. The summed E-state index contributed by atoms with van der Waals surface area (Å²) in [6, 6.07) is 11.6. The number of rotatable bonds is 5. The maximum atomic E-state index is 16.6. The summed E-state index contributed by atoms with van der Waals surface area (Å²) in [7, 11) is 0. The predicted molar refractivity (Wildman–Crippen MR) is 145 cm³/mol. The summed E-state index contributed by atoms with van der Waals surface area (Å²) in [5.41, 5.74) is 3.86. The predicted octanol–water partition coefficient (Wildman–Crippen LogP) is 6.98. The smallest absolute Gasteiger partial charge is 0.153 e. The first-order valence-electron chi connectivity index (χ1n) is 13.3. The zero-order valence-corrected chi connectivity index (χ0v) is 22.5. The summed E-state index contributed by atoms with van der Waals surface area (Å²) >= 11 is 0. The molecular weight excluding hydrogens is 500 g/mol. The van der Waals surface area contributed by atoms with Gasteiger partial charge >= 0.3 is 0 Å². The van der Waals surface area contributed by atoms with Gasteiger partial charge < -0.3 is 18.9 Å². The number of pyridine rings is 1. The van der Waals surface area contributed by atoms with E-state index in [0.717, 1.165) is 40.7 Å². The summed E-state index contributed by atoms with van der Waals surface area (Å²) < 4.78 is 43.7. The lowest BCUT2D eigenvalue weighted by Crippen LogP contribution is -2.27. The molecule has 2 aromatic carbocycles. The van der Waals surface area contributed by atoms with Gasteiger partial charge in [0.2, 0.25) is 0 Å². The number of halogens is 2. The van der Waals surface area contributed by atoms with E-state index in [9.17, 15) is 9.50 Å². The Morgan fingerprint density at radius 2 is 1.77 bits per heavy atom. The molecule has 0 radical (unpaired) electrons. The van der Waals surface area contributed by atoms with E-state index >= 15 is 4.39 Å². The summed E-state index contributed by atoms with van der Waals surface area (Å²) in [4.78, 5) is 4.83. The SMILES string of the molecule is Cc1noc(C)c1-c1cnc2c3ccc(C(C)(C)O)c(F)c3n(C(c3ccc(F)cc3)C3CCOCC3)c2c1. The maximum absolute atomic E-state index is 16.6. The van der Waals surface area contributed by atoms with Crippen molar-refractivity contribution in [2.45, 2.75) is 52.2 Å². The van der Waals surface area contributed by atoms with Gasteiger partial charge in [-0.15, -0.1) is 0 Å². The number of aryl methyl sites for hydroxylation is 2. The van der Waals surface area contributed by atoms with E-state index in [4.69, 9.17) is 14.2 Å². The van der Waals surface area contributed by atoms with Crippen molar-refractivity contribution in [2.75, 3.05) is 13.2 Å². The van der Waals surface area contributed by atoms with Gasteiger partial charge in [-0.1, -0.05) is 29.4 Å². The summed E-state index contributed by atoms with van der Waals surface area (Å²) in [5.74, 6) is -0.0390. The largest absolute Gasteiger partial charge is 0.386 e. The van der Waals surface area contributed by atoms with E-state index in [0.29, 0.717) is 35.4 Å². The molecular formula is C31H31F2N3O3. The van der Waals surface area contributed by atoms with Crippen molar-refractivity contribution in [3.05, 3.63) is 82.9 Å². The van der Waals surface area contributed by atoms with Crippen LogP contribution in [0.15, 0.2) is 53.2 Å². The molecule has 0 aliphatic carbocycles. The standard InChI is InChI=1S/C31H31F2N3O3/c1-17-26(18(2)39-35-17)21-15-25-28(34-16-21)23-9-10-24(31(3,4)37)27(33)30(23)36(25)29(20-11-13-38-14-12-20)19-5-7-22(32)8-6-19/h5-10,15-16,20,29,37H,11-14H2,1-4H3. The highest BCUT2D eigenvalue weighted by molar-refractivity contribution is 6.07. The lowest BCUT2D eigenvalue weighted by atomic mass is 9.86. The zero-order chi connectivity index (χ0) is 27.5. The highest BCUT2D eigenvalue weighted by atomic mass is 19.1. The molecule has 39 heavy (non-hydrogen) atoms. The van der Waals surface area contributed by atoms with E-state index in [2.05, 4.69) is 5.16 Å². The third-order valence-electron chi connectivity index (χ3n) is 7.92. The monoisotopic (exact) mass is 531 g/mol. The minimum absolute atomic E-state index is 0.107. The van der Waals surface area contributed by atoms with Crippen molar-refractivity contribution in [2.24, 2.45) is 5.92 Å². The lowest BCUT2D eigenvalue weighted by molar-refractivity contribution is 0.0551. The molecule has 1 aliphatic rings. The van der Waals surface area contributed by atoms with Crippen LogP contribution in [0.4, 0.5) is 8.78 Å². The second kappa shape index (κ2) is 9.54. The molecule has 1 unspecified atom stereocenters. The highest BCUT2D eigenvalue weighted by Gasteiger charge is 2.33. The first-order chi connectivity index (χ1) is 18.6. The first-order valence-corrected chi connectivity index (χ1v) is 13.3. The molecule has 5 aromatic rings. The first kappa shape index (κ1) is 25.6. The van der Waals surface area contributed by atoms with Crippen molar-refractivity contribution in [3.8, 4) is 11.1 Å². The van der Waals surface area contributed by atoms with Crippen LogP contribution < -0.4 is 0 Å². The normalized spacial score (nSPS) is 15.9. The second-order valence-electron chi connectivity index (χ2n) is 11.0. The number of fused-ring (bicyclic) bond motifs is 3. The molecule has 202 valence electrons. The lowest BCUT2D eigenvalue weighted by Gasteiger charge is -2.33. The number of ether oxygens (including phenoxy) is 1. The van der Waals surface area contributed by atoms with Gasteiger partial charge in [-0.3, -0.25) is 4.98 Å². The quantitative estimate of drug-likeness (QED) is 0.265. The van der Waals surface area contributed by atoms with Gasteiger partial charge in [-0.05, 0) is 70.2 Å². The van der Waals surface area contributed by atoms with Crippen LogP contribution in [0, 0.1) is 31.4 Å². The number of aromatic nitrogens is 3. The van der Waals surface area contributed by atoms with E-state index in [1.165, 1.54) is 12.1 Å². The summed E-state index contributed by atoms with van der Waals surface area (Å²) in [6.45, 7) is 8.08. The van der Waals surface area contributed by atoms with E-state index < -0.39 is 11.4 Å². The van der Waals surface area contributed by atoms with Crippen molar-refractivity contribution in [1.29, 1.82) is 0 Å². The molecule has 0 amide bonds. The molecule has 1 aliphatic heterocycles. The molecule has 6 nitrogen and oxygen atoms in total. The van der Waals surface area contributed by atoms with E-state index in [-0.39, 0.29) is 23.3 Å². The molecule has 0 bridgehead atoms. The van der Waals surface area contributed by atoms with Crippen molar-refractivity contribution in [3.63, 3.8) is 0 Å². The number of nitrogens with zero attached hydrogens (tertiary/aromatic N) is 3. The molecule has 0 saturated carbocycles. The van der Waals surface area contributed by atoms with Crippen LogP contribution in [-0.2, 0) is 10.3 Å². The van der Waals surface area contributed by atoms with Gasteiger partial charge in [0.15, 0.2) is 5.82 Å². The molecule has 3 aromatic heterocycles. The van der Waals surface area contributed by atoms with E-state index in [1.807, 2.05) is 30.5 Å². The van der Waals surface area contributed by atoms with Crippen LogP contribution >= 0.6 is 0 Å². The summed E-state index contributed by atoms with van der Waals surface area (Å²) in [5, 5.41) is 15.6. The van der Waals surface area contributed by atoms with Gasteiger partial charge in [0, 0.05) is 41.5 Å². The summed E-state index contributed by atoms with van der Waals surface area (Å²) in [6.07, 6.45) is 3.31. The van der Waals surface area contributed by atoms with Crippen LogP contribution in [0.3, 0.4) is 0 Å². The fraction of sp³-hybridized carbons (Fsp3) is 0.355. The number of hydrogen-bond acceptors (Lipinski definition) is 5. The minimum Gasteiger partial charge on any atom is -0.386 e. The Balaban J connectivity index is 1.73. The molecule has 0 spiro atoms. The molecule has 1 fully saturated rings. The minimum atomic E-state index is -1.39. The van der Waals surface area contributed by atoms with Crippen molar-refractivity contribution in [1.82, 2.24) is 14.7 Å². The Bertz CT molecular complexity index is 1660. The maximum Gasteiger partial charge on any atom is 0.153 e. The van der Waals surface area contributed by atoms with Crippen molar-refractivity contribution >= 4 is 21.9 Å². The molecule has 1 saturated heterocycles. The average Bonchev–Trinajstić information content (AvgIpc) is 3.42. The van der Waals surface area contributed by atoms with Crippen LogP contribution in [0.25, 0.3) is 33.1 Å². The Morgan fingerprint density at radius 1 is 1.05 bits per heavy atom. The fourth-order valence-corrected chi connectivity index (χ4v) is 6.07.